The van der Waals surface area contributed by atoms with E-state index in [-0.39, 0.29) is 21.4 Å². The van der Waals surface area contributed by atoms with Gasteiger partial charge in [0.25, 0.3) is 0 Å². The van der Waals surface area contributed by atoms with Crippen LogP contribution < -0.4 is 10.5 Å². The zero-order valence-electron chi connectivity index (χ0n) is 10.6. The lowest BCUT2D eigenvalue weighted by Crippen LogP contribution is -2.25. The molecule has 1 aliphatic rings. The van der Waals surface area contributed by atoms with E-state index in [9.17, 15) is 18.5 Å². The summed E-state index contributed by atoms with van der Waals surface area (Å²) in [4.78, 5) is 9.96. The number of hydrogen-bond donors (Lipinski definition) is 2. The van der Waals surface area contributed by atoms with Gasteiger partial charge < -0.3 is 10.5 Å². The van der Waals surface area contributed by atoms with Gasteiger partial charge >= 0.3 is 5.69 Å². The Hall–Kier alpha value is -1.23. The minimum absolute atomic E-state index is 0.112. The Bertz CT molecular complexity index is 592. The number of hydrogen-bond acceptors (Lipinski definition) is 7. The van der Waals surface area contributed by atoms with Crippen molar-refractivity contribution in [1.29, 1.82) is 0 Å². The number of ether oxygens (including phenoxy) is 1. The van der Waals surface area contributed by atoms with Crippen LogP contribution in [-0.2, 0) is 14.8 Å². The molecule has 0 radical (unpaired) electrons. The van der Waals surface area contributed by atoms with Crippen molar-refractivity contribution >= 4 is 32.0 Å². The number of nitrogen functional groups attached to an aromatic ring is 1. The Morgan fingerprint density at radius 2 is 2.35 bits per heavy atom. The van der Waals surface area contributed by atoms with Crippen LogP contribution in [0.25, 0.3) is 0 Å². The highest BCUT2D eigenvalue weighted by Crippen LogP contribution is 2.34. The highest BCUT2D eigenvalue weighted by Gasteiger charge is 2.25. The van der Waals surface area contributed by atoms with Gasteiger partial charge in [0.1, 0.15) is 4.21 Å². The predicted molar refractivity (Wildman–Crippen MR) is 74.1 cm³/mol. The van der Waals surface area contributed by atoms with Crippen LogP contribution in [-0.4, -0.2) is 33.1 Å². The topological polar surface area (TPSA) is 125 Å². The highest BCUT2D eigenvalue weighted by molar-refractivity contribution is 7.91. The van der Waals surface area contributed by atoms with Crippen molar-refractivity contribution in [3.05, 3.63) is 16.2 Å². The molecule has 8 nitrogen and oxygen atoms in total. The van der Waals surface area contributed by atoms with Gasteiger partial charge in [-0.25, -0.2) is 13.1 Å². The van der Waals surface area contributed by atoms with E-state index < -0.39 is 14.9 Å². The van der Waals surface area contributed by atoms with Crippen LogP contribution in [0.3, 0.4) is 0 Å². The summed E-state index contributed by atoms with van der Waals surface area (Å²) in [6.07, 6.45) is 1.61. The van der Waals surface area contributed by atoms with E-state index in [2.05, 4.69) is 4.72 Å². The van der Waals surface area contributed by atoms with E-state index in [1.807, 2.05) is 0 Å². The Balaban J connectivity index is 1.98. The molecule has 0 bridgehead atoms. The SMILES string of the molecule is Nc1sc(S(=O)(=O)NCCC2CCOC2)cc1[N+](=O)[O-]. The van der Waals surface area contributed by atoms with Gasteiger partial charge in [0.2, 0.25) is 10.0 Å². The Kier molecular flexibility index (Phi) is 4.58. The normalized spacial score (nSPS) is 19.3. The van der Waals surface area contributed by atoms with Crippen LogP contribution in [0.1, 0.15) is 12.8 Å². The number of rotatable bonds is 6. The quantitative estimate of drug-likeness (QED) is 0.593. The molecule has 1 aliphatic heterocycles. The molecule has 1 saturated heterocycles. The van der Waals surface area contributed by atoms with Gasteiger partial charge in [-0.1, -0.05) is 11.3 Å². The lowest BCUT2D eigenvalue weighted by Gasteiger charge is -2.08. The second kappa shape index (κ2) is 6.04. The molecule has 0 aliphatic carbocycles. The van der Waals surface area contributed by atoms with E-state index >= 15 is 0 Å². The monoisotopic (exact) mass is 321 g/mol. The summed E-state index contributed by atoms with van der Waals surface area (Å²) in [5.41, 5.74) is 5.06. The standard InChI is InChI=1S/C10H15N3O5S2/c11-10-8(13(14)15)5-9(19-10)20(16,17)12-3-1-7-2-4-18-6-7/h5,7,12H,1-4,6,11H2. The molecule has 3 N–H and O–H groups in total. The van der Waals surface area contributed by atoms with Gasteiger partial charge in [-0.2, -0.15) is 0 Å². The predicted octanol–water partition coefficient (Wildman–Crippen LogP) is 0.943. The summed E-state index contributed by atoms with van der Waals surface area (Å²) >= 11 is 0.693. The van der Waals surface area contributed by atoms with Crippen LogP contribution in [0.2, 0.25) is 0 Å². The highest BCUT2D eigenvalue weighted by atomic mass is 32.2. The van der Waals surface area contributed by atoms with Crippen molar-refractivity contribution in [1.82, 2.24) is 4.72 Å². The van der Waals surface area contributed by atoms with E-state index in [4.69, 9.17) is 10.5 Å². The third-order valence-corrected chi connectivity index (χ3v) is 5.94. The third-order valence-electron chi connectivity index (χ3n) is 3.05. The lowest BCUT2D eigenvalue weighted by molar-refractivity contribution is -0.383. The minimum Gasteiger partial charge on any atom is -0.385 e. The summed E-state index contributed by atoms with van der Waals surface area (Å²) in [6, 6.07) is 0.987. The lowest BCUT2D eigenvalue weighted by atomic mass is 10.1. The van der Waals surface area contributed by atoms with Gasteiger partial charge in [0.15, 0.2) is 5.00 Å². The number of nitro groups is 1. The molecule has 1 aromatic rings. The van der Waals surface area contributed by atoms with Gasteiger partial charge in [0.05, 0.1) is 4.92 Å². The van der Waals surface area contributed by atoms with Crippen molar-refractivity contribution in [2.75, 3.05) is 25.5 Å². The molecule has 1 aromatic heterocycles. The Labute approximate surface area is 120 Å². The zero-order chi connectivity index (χ0) is 14.8. The van der Waals surface area contributed by atoms with Crippen molar-refractivity contribution in [2.24, 2.45) is 5.92 Å². The summed E-state index contributed by atoms with van der Waals surface area (Å²) in [5.74, 6) is 0.362. The second-order valence-electron chi connectivity index (χ2n) is 4.49. The first-order valence-electron chi connectivity index (χ1n) is 6.01. The molecule has 112 valence electrons. The van der Waals surface area contributed by atoms with Crippen molar-refractivity contribution in [2.45, 2.75) is 17.1 Å². The molecule has 2 rings (SSSR count). The largest absolute Gasteiger partial charge is 0.385 e. The van der Waals surface area contributed by atoms with Crippen LogP contribution in [0.15, 0.2) is 10.3 Å². The van der Waals surface area contributed by atoms with Crippen molar-refractivity contribution in [3.63, 3.8) is 0 Å². The van der Waals surface area contributed by atoms with Crippen LogP contribution in [0, 0.1) is 16.0 Å². The van der Waals surface area contributed by atoms with Crippen molar-refractivity contribution in [3.8, 4) is 0 Å². The van der Waals surface area contributed by atoms with Crippen molar-refractivity contribution < 1.29 is 18.1 Å². The molecule has 0 aromatic carbocycles. The fourth-order valence-electron chi connectivity index (χ4n) is 1.93. The maximum atomic E-state index is 12.0. The summed E-state index contributed by atoms with van der Waals surface area (Å²) in [5, 5.41) is 10.5. The van der Waals surface area contributed by atoms with E-state index in [1.165, 1.54) is 0 Å². The smallest absolute Gasteiger partial charge is 0.304 e. The number of anilines is 1. The van der Waals surface area contributed by atoms with Crippen LogP contribution in [0.5, 0.6) is 0 Å². The van der Waals surface area contributed by atoms with Gasteiger partial charge in [0, 0.05) is 25.8 Å². The third kappa shape index (κ3) is 3.45. The van der Waals surface area contributed by atoms with Crippen LogP contribution >= 0.6 is 11.3 Å². The molecule has 2 heterocycles. The first-order valence-corrected chi connectivity index (χ1v) is 8.31. The molecular weight excluding hydrogens is 306 g/mol. The molecule has 1 fully saturated rings. The molecule has 1 unspecified atom stereocenters. The Morgan fingerprint density at radius 3 is 2.90 bits per heavy atom. The summed E-state index contributed by atoms with van der Waals surface area (Å²) in [7, 11) is -3.74. The number of thiophene rings is 1. The number of nitrogens with two attached hydrogens (primary N) is 1. The van der Waals surface area contributed by atoms with Gasteiger partial charge in [-0.15, -0.1) is 0 Å². The fraction of sp³-hybridized carbons (Fsp3) is 0.600. The van der Waals surface area contributed by atoms with Gasteiger partial charge in [-0.05, 0) is 18.8 Å². The van der Waals surface area contributed by atoms with Crippen LogP contribution in [0.4, 0.5) is 10.7 Å². The first kappa shape index (κ1) is 15.2. The molecule has 0 amide bonds. The van der Waals surface area contributed by atoms with E-state index in [0.717, 1.165) is 12.5 Å². The molecule has 0 spiro atoms. The Morgan fingerprint density at radius 1 is 1.60 bits per heavy atom. The summed E-state index contributed by atoms with van der Waals surface area (Å²) in [6.45, 7) is 1.65. The van der Waals surface area contributed by atoms with E-state index in [1.54, 1.807) is 0 Å². The number of nitrogens with zero attached hydrogens (tertiary/aromatic N) is 1. The fourth-order valence-corrected chi connectivity index (χ4v) is 4.23. The average Bonchev–Trinajstić information content (AvgIpc) is 2.98. The zero-order valence-corrected chi connectivity index (χ0v) is 12.2. The second-order valence-corrected chi connectivity index (χ2v) is 7.57. The first-order chi connectivity index (χ1) is 9.40. The molecule has 20 heavy (non-hydrogen) atoms. The molecule has 1 atom stereocenters. The van der Waals surface area contributed by atoms with E-state index in [0.29, 0.717) is 36.9 Å². The minimum atomic E-state index is -3.74. The number of nitrogens with one attached hydrogen (secondary N) is 1. The maximum Gasteiger partial charge on any atom is 0.304 e. The van der Waals surface area contributed by atoms with Gasteiger partial charge in [-0.3, -0.25) is 10.1 Å². The molecule has 0 saturated carbocycles. The maximum absolute atomic E-state index is 12.0. The number of sulfonamides is 1. The average molecular weight is 321 g/mol. The molecule has 10 heteroatoms. The molecular formula is C10H15N3O5S2. The summed E-state index contributed by atoms with van der Waals surface area (Å²) < 4.78 is 31.5.